The number of methoxy groups -OCH3 is 1. The zero-order valence-electron chi connectivity index (χ0n) is 9.39. The summed E-state index contributed by atoms with van der Waals surface area (Å²) in [4.78, 5) is 12.3. The Labute approximate surface area is 111 Å². The molecule has 1 aromatic rings. The highest BCUT2D eigenvalue weighted by Gasteiger charge is 2.41. The quantitative estimate of drug-likeness (QED) is 0.802. The summed E-state index contributed by atoms with van der Waals surface area (Å²) in [6.07, 6.45) is 1.92. The van der Waals surface area contributed by atoms with Crippen LogP contribution in [0.1, 0.15) is 12.8 Å². The van der Waals surface area contributed by atoms with E-state index in [4.69, 9.17) is 4.74 Å². The molecule has 0 amide bonds. The van der Waals surface area contributed by atoms with Gasteiger partial charge in [-0.2, -0.15) is 0 Å². The molecule has 0 spiro atoms. The van der Waals surface area contributed by atoms with Crippen molar-refractivity contribution >= 4 is 32.7 Å². The van der Waals surface area contributed by atoms with Gasteiger partial charge in [0.1, 0.15) is 5.25 Å². The summed E-state index contributed by atoms with van der Waals surface area (Å²) in [6.45, 7) is 0. The normalized spacial score (nSPS) is 18.5. The highest BCUT2D eigenvalue weighted by atomic mass is 79.9. The van der Waals surface area contributed by atoms with Gasteiger partial charge in [-0.15, -0.1) is 0 Å². The minimum Gasteiger partial charge on any atom is -0.468 e. The molecular weight excluding hydrogens is 304 g/mol. The molecular formula is C12H13BrO3S. The van der Waals surface area contributed by atoms with Crippen molar-refractivity contribution in [3.8, 4) is 0 Å². The molecule has 3 nitrogen and oxygen atoms in total. The molecule has 2 unspecified atom stereocenters. The maximum absolute atomic E-state index is 12.3. The first-order valence-corrected chi connectivity index (χ1v) is 7.38. The van der Waals surface area contributed by atoms with Gasteiger partial charge in [-0.05, 0) is 43.0 Å². The Morgan fingerprint density at radius 1 is 1.41 bits per heavy atom. The van der Waals surface area contributed by atoms with Crippen molar-refractivity contribution in [1.82, 2.24) is 0 Å². The Balaban J connectivity index is 2.21. The van der Waals surface area contributed by atoms with Gasteiger partial charge in [0.15, 0.2) is 0 Å². The van der Waals surface area contributed by atoms with E-state index in [0.717, 1.165) is 17.3 Å². The van der Waals surface area contributed by atoms with Crippen LogP contribution in [-0.2, 0) is 20.3 Å². The molecule has 0 aromatic heterocycles. The van der Waals surface area contributed by atoms with E-state index in [2.05, 4.69) is 15.9 Å². The van der Waals surface area contributed by atoms with Crippen molar-refractivity contribution in [3.05, 3.63) is 28.7 Å². The molecule has 92 valence electrons. The topological polar surface area (TPSA) is 43.4 Å². The standard InChI is InChI=1S/C12H13BrO3S/c1-16-12(14)11(8-2-3-8)17(15)10-6-4-9(13)5-7-10/h4-8,11H,2-3H2,1H3. The lowest BCUT2D eigenvalue weighted by atomic mass is 10.3. The van der Waals surface area contributed by atoms with E-state index in [1.807, 2.05) is 12.1 Å². The molecule has 0 aliphatic heterocycles. The molecule has 2 atom stereocenters. The van der Waals surface area contributed by atoms with Crippen LogP contribution in [0.5, 0.6) is 0 Å². The van der Waals surface area contributed by atoms with Gasteiger partial charge in [-0.25, -0.2) is 0 Å². The predicted molar refractivity (Wildman–Crippen MR) is 69.1 cm³/mol. The first-order valence-electron chi connectivity index (χ1n) is 5.37. The zero-order valence-corrected chi connectivity index (χ0v) is 11.8. The number of benzene rings is 1. The van der Waals surface area contributed by atoms with Gasteiger partial charge in [0.2, 0.25) is 0 Å². The van der Waals surface area contributed by atoms with Crippen molar-refractivity contribution in [1.29, 1.82) is 0 Å². The second kappa shape index (κ2) is 5.31. The zero-order chi connectivity index (χ0) is 12.4. The van der Waals surface area contributed by atoms with Crippen LogP contribution < -0.4 is 0 Å². The van der Waals surface area contributed by atoms with Crippen molar-refractivity contribution in [2.45, 2.75) is 23.0 Å². The SMILES string of the molecule is COC(=O)C(C1CC1)S(=O)c1ccc(Br)cc1. The van der Waals surface area contributed by atoms with E-state index < -0.39 is 16.0 Å². The maximum atomic E-state index is 12.3. The summed E-state index contributed by atoms with van der Waals surface area (Å²) in [6, 6.07) is 7.21. The maximum Gasteiger partial charge on any atom is 0.322 e. The fourth-order valence-electron chi connectivity index (χ4n) is 1.69. The third kappa shape index (κ3) is 2.96. The largest absolute Gasteiger partial charge is 0.468 e. The van der Waals surface area contributed by atoms with Crippen LogP contribution in [0, 0.1) is 5.92 Å². The monoisotopic (exact) mass is 316 g/mol. The van der Waals surface area contributed by atoms with E-state index >= 15 is 0 Å². The lowest BCUT2D eigenvalue weighted by Gasteiger charge is -2.13. The van der Waals surface area contributed by atoms with Crippen LogP contribution in [0.25, 0.3) is 0 Å². The summed E-state index contributed by atoms with van der Waals surface area (Å²) in [5.74, 6) is -0.152. The van der Waals surface area contributed by atoms with Gasteiger partial charge < -0.3 is 4.74 Å². The molecule has 5 heteroatoms. The third-order valence-electron chi connectivity index (χ3n) is 2.76. The molecule has 17 heavy (non-hydrogen) atoms. The predicted octanol–water partition coefficient (Wildman–Crippen LogP) is 2.51. The first kappa shape index (κ1) is 12.8. The summed E-state index contributed by atoms with van der Waals surface area (Å²) in [5, 5.41) is -0.513. The lowest BCUT2D eigenvalue weighted by molar-refractivity contribution is -0.140. The second-order valence-corrected chi connectivity index (χ2v) is 6.52. The number of carbonyl (C=O) groups is 1. The number of hydrogen-bond acceptors (Lipinski definition) is 3. The average Bonchev–Trinajstić information content (AvgIpc) is 3.14. The van der Waals surface area contributed by atoms with E-state index in [9.17, 15) is 9.00 Å². The number of halogens is 1. The second-order valence-electron chi connectivity index (χ2n) is 4.03. The van der Waals surface area contributed by atoms with E-state index in [0.29, 0.717) is 4.90 Å². The molecule has 0 heterocycles. The summed E-state index contributed by atoms with van der Waals surface area (Å²) in [5.41, 5.74) is 0. The lowest BCUT2D eigenvalue weighted by Crippen LogP contribution is -2.29. The van der Waals surface area contributed by atoms with Gasteiger partial charge in [-0.3, -0.25) is 9.00 Å². The number of esters is 1. The molecule has 1 fully saturated rings. The Bertz CT molecular complexity index is 440. The van der Waals surface area contributed by atoms with Crippen molar-refractivity contribution in [2.75, 3.05) is 7.11 Å². The van der Waals surface area contributed by atoms with Crippen LogP contribution in [0.3, 0.4) is 0 Å². The Hall–Kier alpha value is -0.680. The highest BCUT2D eigenvalue weighted by molar-refractivity contribution is 9.10. The molecule has 0 saturated heterocycles. The van der Waals surface area contributed by atoms with Crippen LogP contribution >= 0.6 is 15.9 Å². The third-order valence-corrected chi connectivity index (χ3v) is 5.06. The minimum atomic E-state index is -1.32. The molecule has 1 aromatic carbocycles. The van der Waals surface area contributed by atoms with Crippen molar-refractivity contribution < 1.29 is 13.7 Å². The molecule has 0 bridgehead atoms. The van der Waals surface area contributed by atoms with Crippen molar-refractivity contribution in [2.24, 2.45) is 5.92 Å². The van der Waals surface area contributed by atoms with E-state index in [1.165, 1.54) is 7.11 Å². The van der Waals surface area contributed by atoms with Gasteiger partial charge in [-0.1, -0.05) is 15.9 Å². The van der Waals surface area contributed by atoms with Crippen LogP contribution in [-0.4, -0.2) is 22.5 Å². The smallest absolute Gasteiger partial charge is 0.322 e. The highest BCUT2D eigenvalue weighted by Crippen LogP contribution is 2.37. The van der Waals surface area contributed by atoms with Gasteiger partial charge >= 0.3 is 5.97 Å². The van der Waals surface area contributed by atoms with Crippen LogP contribution in [0.2, 0.25) is 0 Å². The van der Waals surface area contributed by atoms with Crippen LogP contribution in [0.4, 0.5) is 0 Å². The van der Waals surface area contributed by atoms with Crippen molar-refractivity contribution in [3.63, 3.8) is 0 Å². The van der Waals surface area contributed by atoms with Crippen LogP contribution in [0.15, 0.2) is 33.6 Å². The number of carbonyl (C=O) groups excluding carboxylic acids is 1. The summed E-state index contributed by atoms with van der Waals surface area (Å²) >= 11 is 3.32. The van der Waals surface area contributed by atoms with Gasteiger partial charge in [0.05, 0.1) is 17.9 Å². The molecule has 2 rings (SSSR count). The Morgan fingerprint density at radius 3 is 2.47 bits per heavy atom. The number of ether oxygens (including phenoxy) is 1. The molecule has 0 N–H and O–H groups in total. The van der Waals surface area contributed by atoms with E-state index in [1.54, 1.807) is 12.1 Å². The van der Waals surface area contributed by atoms with Gasteiger partial charge in [0, 0.05) is 9.37 Å². The fourth-order valence-corrected chi connectivity index (χ4v) is 3.54. The fraction of sp³-hybridized carbons (Fsp3) is 0.417. The molecule has 1 saturated carbocycles. The number of hydrogen-bond donors (Lipinski definition) is 0. The molecule has 1 aliphatic carbocycles. The summed E-state index contributed by atoms with van der Waals surface area (Å²) < 4.78 is 18.0. The minimum absolute atomic E-state index is 0.215. The average molecular weight is 317 g/mol. The summed E-state index contributed by atoms with van der Waals surface area (Å²) in [7, 11) is 0.0213. The van der Waals surface area contributed by atoms with Gasteiger partial charge in [0.25, 0.3) is 0 Å². The Kier molecular flexibility index (Phi) is 3.99. The molecule has 1 aliphatic rings. The Morgan fingerprint density at radius 2 is 2.00 bits per heavy atom. The van der Waals surface area contributed by atoms with E-state index in [-0.39, 0.29) is 11.9 Å². The first-order chi connectivity index (χ1) is 8.13. The number of rotatable bonds is 4. The molecule has 0 radical (unpaired) electrons.